The van der Waals surface area contributed by atoms with Crippen LogP contribution in [0.3, 0.4) is 0 Å². The van der Waals surface area contributed by atoms with Crippen LogP contribution in [-0.2, 0) is 14.8 Å². The van der Waals surface area contributed by atoms with Gasteiger partial charge in [0.05, 0.1) is 12.3 Å². The standard InChI is InChI=1S/C7H13F2NO4S/c1-10(5-6(8)9)15(13,14)4-2-3-7(11)12/h6H,2-5H2,1H3,(H,11,12). The molecule has 8 heteroatoms. The van der Waals surface area contributed by atoms with Crippen LogP contribution < -0.4 is 0 Å². The molecule has 0 rings (SSSR count). The van der Waals surface area contributed by atoms with Gasteiger partial charge in [-0.1, -0.05) is 0 Å². The number of carbonyl (C=O) groups is 1. The number of rotatable bonds is 7. The molecule has 0 unspecified atom stereocenters. The molecule has 0 amide bonds. The normalized spacial score (nSPS) is 12.3. The maximum atomic E-state index is 11.9. The fraction of sp³-hybridized carbons (Fsp3) is 0.857. The van der Waals surface area contributed by atoms with Gasteiger partial charge in [-0.15, -0.1) is 0 Å². The monoisotopic (exact) mass is 245 g/mol. The van der Waals surface area contributed by atoms with E-state index >= 15 is 0 Å². The number of alkyl halides is 2. The second-order valence-electron chi connectivity index (χ2n) is 2.98. The average molecular weight is 245 g/mol. The van der Waals surface area contributed by atoms with E-state index in [-0.39, 0.29) is 12.8 Å². The Balaban J connectivity index is 4.12. The quantitative estimate of drug-likeness (QED) is 0.703. The van der Waals surface area contributed by atoms with Crippen molar-refractivity contribution in [2.75, 3.05) is 19.3 Å². The Bertz CT molecular complexity index is 304. The van der Waals surface area contributed by atoms with Crippen molar-refractivity contribution in [1.82, 2.24) is 4.31 Å². The topological polar surface area (TPSA) is 74.7 Å². The Morgan fingerprint density at radius 2 is 2.00 bits per heavy atom. The highest BCUT2D eigenvalue weighted by molar-refractivity contribution is 7.89. The van der Waals surface area contributed by atoms with Gasteiger partial charge in [0.2, 0.25) is 10.0 Å². The Labute approximate surface area is 86.7 Å². The summed E-state index contributed by atoms with van der Waals surface area (Å²) in [6.07, 6.45) is -3.10. The van der Waals surface area contributed by atoms with Gasteiger partial charge >= 0.3 is 5.97 Å². The minimum Gasteiger partial charge on any atom is -0.481 e. The van der Waals surface area contributed by atoms with Gasteiger partial charge in [0.15, 0.2) is 0 Å². The van der Waals surface area contributed by atoms with Crippen LogP contribution in [0.4, 0.5) is 8.78 Å². The van der Waals surface area contributed by atoms with Gasteiger partial charge in [-0.3, -0.25) is 4.79 Å². The van der Waals surface area contributed by atoms with E-state index in [9.17, 15) is 22.0 Å². The zero-order valence-electron chi connectivity index (χ0n) is 8.19. The van der Waals surface area contributed by atoms with Crippen molar-refractivity contribution < 1.29 is 27.1 Å². The zero-order chi connectivity index (χ0) is 12.1. The van der Waals surface area contributed by atoms with E-state index in [0.717, 1.165) is 7.05 Å². The van der Waals surface area contributed by atoms with Gasteiger partial charge in [-0.25, -0.2) is 17.2 Å². The molecule has 0 saturated carbocycles. The highest BCUT2D eigenvalue weighted by Gasteiger charge is 2.21. The number of sulfonamides is 1. The SMILES string of the molecule is CN(CC(F)F)S(=O)(=O)CCCC(=O)O. The van der Waals surface area contributed by atoms with Gasteiger partial charge < -0.3 is 5.11 Å². The Morgan fingerprint density at radius 3 is 2.40 bits per heavy atom. The van der Waals surface area contributed by atoms with E-state index in [1.807, 2.05) is 0 Å². The molecule has 0 aromatic carbocycles. The first kappa shape index (κ1) is 14.2. The van der Waals surface area contributed by atoms with E-state index < -0.39 is 34.7 Å². The molecule has 0 aliphatic rings. The lowest BCUT2D eigenvalue weighted by Crippen LogP contribution is -2.33. The predicted molar refractivity (Wildman–Crippen MR) is 49.3 cm³/mol. The fourth-order valence-corrected chi connectivity index (χ4v) is 2.03. The third kappa shape index (κ3) is 6.34. The summed E-state index contributed by atoms with van der Waals surface area (Å²) < 4.78 is 46.8. The molecule has 15 heavy (non-hydrogen) atoms. The van der Waals surface area contributed by atoms with Crippen LogP contribution in [0, 0.1) is 0 Å². The molecule has 0 aliphatic heterocycles. The number of aliphatic carboxylic acids is 1. The minimum absolute atomic E-state index is 0.0781. The molecule has 0 saturated heterocycles. The highest BCUT2D eigenvalue weighted by Crippen LogP contribution is 2.05. The smallest absolute Gasteiger partial charge is 0.303 e. The first-order chi connectivity index (χ1) is 6.75. The predicted octanol–water partition coefficient (Wildman–Crippen LogP) is 0.378. The molecule has 0 fully saturated rings. The first-order valence-corrected chi connectivity index (χ1v) is 5.80. The number of carboxylic acid groups (broad SMARTS) is 1. The molecule has 5 nitrogen and oxygen atoms in total. The second-order valence-corrected chi connectivity index (χ2v) is 5.18. The molecular weight excluding hydrogens is 232 g/mol. The summed E-state index contributed by atoms with van der Waals surface area (Å²) in [6.45, 7) is -0.866. The van der Waals surface area contributed by atoms with Crippen molar-refractivity contribution >= 4 is 16.0 Å². The number of halogens is 2. The molecule has 0 heterocycles. The lowest BCUT2D eigenvalue weighted by molar-refractivity contribution is -0.137. The van der Waals surface area contributed by atoms with Crippen molar-refractivity contribution in [2.45, 2.75) is 19.3 Å². The van der Waals surface area contributed by atoms with Crippen molar-refractivity contribution in [2.24, 2.45) is 0 Å². The summed E-state index contributed by atoms with van der Waals surface area (Å²) >= 11 is 0. The minimum atomic E-state index is -3.76. The summed E-state index contributed by atoms with van der Waals surface area (Å²) in [7, 11) is -2.72. The van der Waals surface area contributed by atoms with Gasteiger partial charge in [-0.05, 0) is 6.42 Å². The summed E-state index contributed by atoms with van der Waals surface area (Å²) in [5.41, 5.74) is 0. The summed E-state index contributed by atoms with van der Waals surface area (Å²) in [5.74, 6) is -1.54. The molecule has 0 bridgehead atoms. The molecule has 0 aliphatic carbocycles. The third-order valence-corrected chi connectivity index (χ3v) is 3.57. The average Bonchev–Trinajstić information content (AvgIpc) is 2.01. The number of hydrogen-bond acceptors (Lipinski definition) is 3. The molecule has 0 aromatic rings. The van der Waals surface area contributed by atoms with Crippen LogP contribution in [0.1, 0.15) is 12.8 Å². The number of carboxylic acids is 1. The highest BCUT2D eigenvalue weighted by atomic mass is 32.2. The van der Waals surface area contributed by atoms with E-state index in [1.54, 1.807) is 0 Å². The lowest BCUT2D eigenvalue weighted by atomic mass is 10.3. The molecule has 0 aromatic heterocycles. The van der Waals surface area contributed by atoms with Gasteiger partial charge in [-0.2, -0.15) is 4.31 Å². The largest absolute Gasteiger partial charge is 0.481 e. The lowest BCUT2D eigenvalue weighted by Gasteiger charge is -2.15. The third-order valence-electron chi connectivity index (χ3n) is 1.66. The molecule has 0 atom stereocenters. The van der Waals surface area contributed by atoms with E-state index in [1.165, 1.54) is 0 Å². The van der Waals surface area contributed by atoms with Crippen molar-refractivity contribution in [1.29, 1.82) is 0 Å². The fourth-order valence-electron chi connectivity index (χ4n) is 0.870. The van der Waals surface area contributed by atoms with Gasteiger partial charge in [0, 0.05) is 13.5 Å². The summed E-state index contributed by atoms with van der Waals surface area (Å²) in [4.78, 5) is 10.1. The molecule has 0 spiro atoms. The van der Waals surface area contributed by atoms with Crippen LogP contribution in [0.25, 0.3) is 0 Å². The maximum Gasteiger partial charge on any atom is 0.303 e. The van der Waals surface area contributed by atoms with E-state index in [4.69, 9.17) is 5.11 Å². The maximum absolute atomic E-state index is 11.9. The van der Waals surface area contributed by atoms with Crippen LogP contribution in [-0.4, -0.2) is 49.6 Å². The van der Waals surface area contributed by atoms with Crippen LogP contribution in [0.15, 0.2) is 0 Å². The van der Waals surface area contributed by atoms with Gasteiger partial charge in [0.25, 0.3) is 6.43 Å². The van der Waals surface area contributed by atoms with Crippen molar-refractivity contribution in [3.63, 3.8) is 0 Å². The zero-order valence-corrected chi connectivity index (χ0v) is 9.01. The van der Waals surface area contributed by atoms with Crippen LogP contribution in [0.5, 0.6) is 0 Å². The molecule has 1 N–H and O–H groups in total. The Hall–Kier alpha value is -0.760. The molecule has 90 valence electrons. The second kappa shape index (κ2) is 5.96. The Morgan fingerprint density at radius 1 is 1.47 bits per heavy atom. The van der Waals surface area contributed by atoms with Gasteiger partial charge in [0.1, 0.15) is 0 Å². The first-order valence-electron chi connectivity index (χ1n) is 4.19. The van der Waals surface area contributed by atoms with Crippen molar-refractivity contribution in [3.05, 3.63) is 0 Å². The molecular formula is C7H13F2NO4S. The van der Waals surface area contributed by atoms with Crippen LogP contribution in [0.2, 0.25) is 0 Å². The van der Waals surface area contributed by atoms with E-state index in [0.29, 0.717) is 4.31 Å². The van der Waals surface area contributed by atoms with Crippen molar-refractivity contribution in [3.8, 4) is 0 Å². The summed E-state index contributed by atoms with van der Waals surface area (Å²) in [6, 6.07) is 0. The number of hydrogen-bond donors (Lipinski definition) is 1. The number of nitrogens with zero attached hydrogens (tertiary/aromatic N) is 1. The molecule has 0 radical (unpaired) electrons. The summed E-state index contributed by atoms with van der Waals surface area (Å²) in [5, 5.41) is 8.27. The van der Waals surface area contributed by atoms with Crippen LogP contribution >= 0.6 is 0 Å². The Kier molecular flexibility index (Phi) is 5.66. The van der Waals surface area contributed by atoms with E-state index in [2.05, 4.69) is 0 Å².